The second kappa shape index (κ2) is 8.49. The molecule has 1 amide bonds. The number of rotatable bonds is 7. The number of amidine groups is 1. The number of carboxylic acid groups (broad SMARTS) is 1. The van der Waals surface area contributed by atoms with Gasteiger partial charge in [0.1, 0.15) is 5.25 Å². The van der Waals surface area contributed by atoms with Crippen LogP contribution >= 0.6 is 11.8 Å². The molecule has 1 saturated heterocycles. The van der Waals surface area contributed by atoms with Crippen LogP contribution in [0.5, 0.6) is 0 Å². The molecule has 8 heteroatoms. The highest BCUT2D eigenvalue weighted by molar-refractivity contribution is 8.15. The van der Waals surface area contributed by atoms with Gasteiger partial charge in [-0.1, -0.05) is 23.9 Å². The molecule has 128 valence electrons. The van der Waals surface area contributed by atoms with Crippen molar-refractivity contribution in [1.29, 1.82) is 0 Å². The van der Waals surface area contributed by atoms with Gasteiger partial charge < -0.3 is 15.3 Å². The highest BCUT2D eigenvalue weighted by atomic mass is 32.2. The number of carboxylic acids is 1. The van der Waals surface area contributed by atoms with E-state index in [2.05, 4.69) is 34.3 Å². The van der Waals surface area contributed by atoms with E-state index in [1.165, 1.54) is 0 Å². The van der Waals surface area contributed by atoms with Gasteiger partial charge in [0.05, 0.1) is 12.6 Å². The average molecular weight is 348 g/mol. The van der Waals surface area contributed by atoms with Gasteiger partial charge in [-0.3, -0.25) is 9.59 Å². The summed E-state index contributed by atoms with van der Waals surface area (Å²) in [4.78, 5) is 24.5. The number of aliphatic carboxylic acids is 1. The molecule has 1 aliphatic rings. The molecule has 0 spiro atoms. The first-order valence-electron chi connectivity index (χ1n) is 7.68. The normalized spacial score (nSPS) is 19.0. The zero-order valence-corrected chi connectivity index (χ0v) is 14.4. The van der Waals surface area contributed by atoms with Gasteiger partial charge in [-0.25, -0.2) is 0 Å². The van der Waals surface area contributed by atoms with Crippen LogP contribution in [-0.4, -0.2) is 46.7 Å². The fourth-order valence-corrected chi connectivity index (χ4v) is 3.17. The number of hydrogen-bond acceptors (Lipinski definition) is 6. The fraction of sp³-hybridized carbons (Fsp3) is 0.375. The molecule has 2 rings (SSSR count). The van der Waals surface area contributed by atoms with Crippen molar-refractivity contribution < 1.29 is 14.7 Å². The van der Waals surface area contributed by atoms with Crippen molar-refractivity contribution in [3.05, 3.63) is 29.8 Å². The zero-order valence-electron chi connectivity index (χ0n) is 13.6. The van der Waals surface area contributed by atoms with Crippen molar-refractivity contribution in [1.82, 2.24) is 5.32 Å². The summed E-state index contributed by atoms with van der Waals surface area (Å²) in [5.41, 5.74) is 2.05. The summed E-state index contributed by atoms with van der Waals surface area (Å²) in [6, 6.07) is 7.95. The van der Waals surface area contributed by atoms with E-state index in [1.807, 2.05) is 24.3 Å². The molecule has 24 heavy (non-hydrogen) atoms. The number of nitrogens with zero attached hydrogens (tertiary/aromatic N) is 3. The lowest BCUT2D eigenvalue weighted by Gasteiger charge is -2.20. The van der Waals surface area contributed by atoms with Crippen LogP contribution in [0.3, 0.4) is 0 Å². The summed E-state index contributed by atoms with van der Waals surface area (Å²) >= 11 is 1.08. The molecular formula is C16H20N4O3S. The van der Waals surface area contributed by atoms with Crippen LogP contribution in [-0.2, 0) is 9.59 Å². The van der Waals surface area contributed by atoms with Crippen LogP contribution in [0.25, 0.3) is 0 Å². The summed E-state index contributed by atoms with van der Waals surface area (Å²) in [5, 5.41) is 18.8. The predicted molar refractivity (Wildman–Crippen MR) is 96.8 cm³/mol. The van der Waals surface area contributed by atoms with Crippen LogP contribution in [0.1, 0.15) is 25.8 Å². The maximum absolute atomic E-state index is 11.6. The van der Waals surface area contributed by atoms with E-state index in [4.69, 9.17) is 5.11 Å². The first-order chi connectivity index (χ1) is 11.5. The van der Waals surface area contributed by atoms with Crippen molar-refractivity contribution in [3.63, 3.8) is 0 Å². The summed E-state index contributed by atoms with van der Waals surface area (Å²) in [7, 11) is 0. The third-order valence-corrected chi connectivity index (χ3v) is 4.59. The summed E-state index contributed by atoms with van der Waals surface area (Å²) in [5.74, 6) is -1.36. The minimum absolute atomic E-state index is 0.230. The van der Waals surface area contributed by atoms with Gasteiger partial charge in [-0.2, -0.15) is 5.10 Å². The van der Waals surface area contributed by atoms with Gasteiger partial charge >= 0.3 is 5.97 Å². The van der Waals surface area contributed by atoms with E-state index < -0.39 is 11.2 Å². The van der Waals surface area contributed by atoms with Gasteiger partial charge in [0.25, 0.3) is 0 Å². The summed E-state index contributed by atoms with van der Waals surface area (Å²) < 4.78 is 0. The van der Waals surface area contributed by atoms with E-state index in [0.29, 0.717) is 5.17 Å². The van der Waals surface area contributed by atoms with Crippen LogP contribution in [0.2, 0.25) is 0 Å². The van der Waals surface area contributed by atoms with Crippen LogP contribution in [0.4, 0.5) is 5.69 Å². The molecular weight excluding hydrogens is 328 g/mol. The van der Waals surface area contributed by atoms with Gasteiger partial charge in [-0.15, -0.1) is 5.10 Å². The number of nitrogens with one attached hydrogen (secondary N) is 1. The first-order valence-corrected chi connectivity index (χ1v) is 8.56. The van der Waals surface area contributed by atoms with E-state index >= 15 is 0 Å². The molecule has 0 aromatic heterocycles. The molecule has 1 atom stereocenters. The fourth-order valence-electron chi connectivity index (χ4n) is 2.25. The smallest absolute Gasteiger partial charge is 0.305 e. The van der Waals surface area contributed by atoms with Crippen LogP contribution in [0.15, 0.2) is 34.5 Å². The molecule has 2 N–H and O–H groups in total. The van der Waals surface area contributed by atoms with Crippen molar-refractivity contribution >= 4 is 40.7 Å². The molecule has 1 heterocycles. The van der Waals surface area contributed by atoms with E-state index in [1.54, 1.807) is 6.21 Å². The number of carbonyl (C=O) groups is 2. The molecule has 1 aliphatic heterocycles. The number of benzene rings is 1. The maximum Gasteiger partial charge on any atom is 0.305 e. The largest absolute Gasteiger partial charge is 0.481 e. The molecule has 1 aromatic rings. The quantitative estimate of drug-likeness (QED) is 0.580. The molecule has 7 nitrogen and oxygen atoms in total. The Morgan fingerprint density at radius 2 is 2.00 bits per heavy atom. The molecule has 1 fully saturated rings. The number of carbonyl (C=O) groups excluding carboxylic acids is 1. The first kappa shape index (κ1) is 18.0. The standard InChI is InChI=1S/C16H20N4O3S/c1-3-20(4-2)12-7-5-11(6-8-12)10-17-19-16-18-15(23)13(24-16)9-14(21)22/h5-8,10,13H,3-4,9H2,1-2H3,(H,21,22)(H,18,19,23)/b17-10+/t13-/m1/s1. The third-order valence-electron chi connectivity index (χ3n) is 3.51. The van der Waals surface area contributed by atoms with Crippen LogP contribution < -0.4 is 10.2 Å². The lowest BCUT2D eigenvalue weighted by atomic mass is 10.2. The number of amides is 1. The van der Waals surface area contributed by atoms with E-state index in [-0.39, 0.29) is 12.3 Å². The SMILES string of the molecule is CCN(CC)c1ccc(/C=N/N=C2/NC(=O)[C@@H](CC(=O)O)S2)cc1. The predicted octanol–water partition coefficient (Wildman–Crippen LogP) is 1.93. The second-order valence-electron chi connectivity index (χ2n) is 5.11. The van der Waals surface area contributed by atoms with Crippen molar-refractivity contribution in [2.75, 3.05) is 18.0 Å². The Hall–Kier alpha value is -2.35. The summed E-state index contributed by atoms with van der Waals surface area (Å²) in [6.45, 7) is 6.12. The molecule has 1 aromatic carbocycles. The second-order valence-corrected chi connectivity index (χ2v) is 6.30. The minimum Gasteiger partial charge on any atom is -0.481 e. The lowest BCUT2D eigenvalue weighted by molar-refractivity contribution is -0.138. The zero-order chi connectivity index (χ0) is 17.5. The third kappa shape index (κ3) is 4.82. The van der Waals surface area contributed by atoms with Crippen LogP contribution in [0, 0.1) is 0 Å². The van der Waals surface area contributed by atoms with E-state index in [0.717, 1.165) is 36.1 Å². The van der Waals surface area contributed by atoms with Gasteiger partial charge in [0.15, 0.2) is 5.17 Å². The van der Waals surface area contributed by atoms with Gasteiger partial charge in [0, 0.05) is 18.8 Å². The number of thioether (sulfide) groups is 1. The Kier molecular flexibility index (Phi) is 6.36. The van der Waals surface area contributed by atoms with Crippen molar-refractivity contribution in [3.8, 4) is 0 Å². The molecule has 0 aliphatic carbocycles. The van der Waals surface area contributed by atoms with Gasteiger partial charge in [-0.05, 0) is 31.5 Å². The summed E-state index contributed by atoms with van der Waals surface area (Å²) in [6.07, 6.45) is 1.36. The Morgan fingerprint density at radius 3 is 2.58 bits per heavy atom. The van der Waals surface area contributed by atoms with Crippen molar-refractivity contribution in [2.24, 2.45) is 10.2 Å². The number of hydrogen-bond donors (Lipinski definition) is 2. The van der Waals surface area contributed by atoms with Crippen molar-refractivity contribution in [2.45, 2.75) is 25.5 Å². The topological polar surface area (TPSA) is 94.4 Å². The highest BCUT2D eigenvalue weighted by Crippen LogP contribution is 2.22. The molecule has 0 unspecified atom stereocenters. The molecule has 0 bridgehead atoms. The van der Waals surface area contributed by atoms with Gasteiger partial charge in [0.2, 0.25) is 5.91 Å². The Bertz CT molecular complexity index is 654. The maximum atomic E-state index is 11.6. The Balaban J connectivity index is 1.96. The average Bonchev–Trinajstić information content (AvgIpc) is 2.89. The highest BCUT2D eigenvalue weighted by Gasteiger charge is 2.32. The monoisotopic (exact) mass is 348 g/mol. The Labute approximate surface area is 144 Å². The molecule has 0 radical (unpaired) electrons. The number of anilines is 1. The lowest BCUT2D eigenvalue weighted by Crippen LogP contribution is -2.26. The molecule has 0 saturated carbocycles. The minimum atomic E-state index is -1.01. The van der Waals surface area contributed by atoms with E-state index in [9.17, 15) is 9.59 Å². The Morgan fingerprint density at radius 1 is 1.33 bits per heavy atom.